The zero-order valence-corrected chi connectivity index (χ0v) is 11.9. The molecule has 0 amide bonds. The predicted octanol–water partition coefficient (Wildman–Crippen LogP) is 4.49. The largest absolute Gasteiger partial charge is 0.312 e. The summed E-state index contributed by atoms with van der Waals surface area (Å²) in [4.78, 5) is 0. The standard InChI is InChI=1S/C17H27N/c1-3-7-14(2)18-17-12-10-16(11-13-17)15-8-5-4-6-9-15/h4-6,8-9,14,16-18H,3,7,10-13H2,1-2H3. The Morgan fingerprint density at radius 1 is 1.11 bits per heavy atom. The summed E-state index contributed by atoms with van der Waals surface area (Å²) >= 11 is 0. The molecule has 1 aliphatic carbocycles. The number of nitrogens with one attached hydrogen (secondary N) is 1. The first-order valence-electron chi connectivity index (χ1n) is 7.60. The fourth-order valence-corrected chi connectivity index (χ4v) is 3.24. The van der Waals surface area contributed by atoms with Crippen molar-refractivity contribution in [1.29, 1.82) is 0 Å². The van der Waals surface area contributed by atoms with Crippen molar-refractivity contribution in [2.75, 3.05) is 0 Å². The van der Waals surface area contributed by atoms with Crippen LogP contribution in [0.5, 0.6) is 0 Å². The predicted molar refractivity (Wildman–Crippen MR) is 78.9 cm³/mol. The van der Waals surface area contributed by atoms with Gasteiger partial charge in [-0.1, -0.05) is 43.7 Å². The molecule has 1 aromatic carbocycles. The molecule has 0 radical (unpaired) electrons. The minimum atomic E-state index is 0.688. The molecule has 1 heteroatoms. The van der Waals surface area contributed by atoms with Gasteiger partial charge in [-0.2, -0.15) is 0 Å². The zero-order valence-electron chi connectivity index (χ0n) is 11.9. The number of hydrogen-bond acceptors (Lipinski definition) is 1. The van der Waals surface area contributed by atoms with E-state index >= 15 is 0 Å². The summed E-state index contributed by atoms with van der Waals surface area (Å²) in [5.74, 6) is 0.797. The van der Waals surface area contributed by atoms with E-state index in [0.29, 0.717) is 6.04 Å². The minimum Gasteiger partial charge on any atom is -0.312 e. The van der Waals surface area contributed by atoms with E-state index in [2.05, 4.69) is 49.5 Å². The van der Waals surface area contributed by atoms with Gasteiger partial charge in [-0.15, -0.1) is 0 Å². The van der Waals surface area contributed by atoms with Gasteiger partial charge < -0.3 is 5.32 Å². The molecular formula is C17H27N. The summed E-state index contributed by atoms with van der Waals surface area (Å²) in [6.45, 7) is 4.59. The Labute approximate surface area is 112 Å². The molecular weight excluding hydrogens is 218 g/mol. The van der Waals surface area contributed by atoms with Crippen molar-refractivity contribution >= 4 is 0 Å². The van der Waals surface area contributed by atoms with Crippen LogP contribution in [0.15, 0.2) is 30.3 Å². The highest BCUT2D eigenvalue weighted by molar-refractivity contribution is 5.20. The molecule has 0 heterocycles. The third-order valence-corrected chi connectivity index (χ3v) is 4.24. The van der Waals surface area contributed by atoms with Crippen LogP contribution in [0.1, 0.15) is 63.9 Å². The van der Waals surface area contributed by atoms with Gasteiger partial charge in [-0.3, -0.25) is 0 Å². The van der Waals surface area contributed by atoms with Crippen LogP contribution in [-0.4, -0.2) is 12.1 Å². The smallest absolute Gasteiger partial charge is 0.00699 e. The fraction of sp³-hybridized carbons (Fsp3) is 0.647. The van der Waals surface area contributed by atoms with E-state index in [1.54, 1.807) is 0 Å². The van der Waals surface area contributed by atoms with E-state index in [-0.39, 0.29) is 0 Å². The molecule has 1 aliphatic rings. The van der Waals surface area contributed by atoms with Gasteiger partial charge in [0.15, 0.2) is 0 Å². The Bertz CT molecular complexity index is 325. The van der Waals surface area contributed by atoms with E-state index in [4.69, 9.17) is 0 Å². The molecule has 0 bridgehead atoms. The molecule has 1 atom stereocenters. The SMILES string of the molecule is CCCC(C)NC1CCC(c2ccccc2)CC1. The second-order valence-electron chi connectivity index (χ2n) is 5.82. The third kappa shape index (κ3) is 3.84. The summed E-state index contributed by atoms with van der Waals surface area (Å²) in [5.41, 5.74) is 1.54. The van der Waals surface area contributed by atoms with Gasteiger partial charge >= 0.3 is 0 Å². The lowest BCUT2D eigenvalue weighted by molar-refractivity contribution is 0.313. The quantitative estimate of drug-likeness (QED) is 0.806. The van der Waals surface area contributed by atoms with E-state index in [1.165, 1.54) is 44.1 Å². The number of benzene rings is 1. The van der Waals surface area contributed by atoms with E-state index in [9.17, 15) is 0 Å². The van der Waals surface area contributed by atoms with Gasteiger partial charge in [0.05, 0.1) is 0 Å². The molecule has 0 aromatic heterocycles. The van der Waals surface area contributed by atoms with Crippen molar-refractivity contribution in [3.63, 3.8) is 0 Å². The summed E-state index contributed by atoms with van der Waals surface area (Å²) in [7, 11) is 0. The average molecular weight is 245 g/mol. The van der Waals surface area contributed by atoms with E-state index in [1.807, 2.05) is 0 Å². The van der Waals surface area contributed by atoms with Crippen molar-refractivity contribution in [3.8, 4) is 0 Å². The van der Waals surface area contributed by atoms with Crippen molar-refractivity contribution < 1.29 is 0 Å². The molecule has 0 aliphatic heterocycles. The highest BCUT2D eigenvalue weighted by atomic mass is 14.9. The van der Waals surface area contributed by atoms with Crippen molar-refractivity contribution in [2.45, 2.75) is 70.4 Å². The minimum absolute atomic E-state index is 0.688. The summed E-state index contributed by atoms with van der Waals surface area (Å²) in [5, 5.41) is 3.79. The van der Waals surface area contributed by atoms with Gasteiger partial charge in [0.25, 0.3) is 0 Å². The zero-order chi connectivity index (χ0) is 12.8. The molecule has 100 valence electrons. The molecule has 1 unspecified atom stereocenters. The monoisotopic (exact) mass is 245 g/mol. The van der Waals surface area contributed by atoms with Crippen LogP contribution in [0.4, 0.5) is 0 Å². The van der Waals surface area contributed by atoms with Gasteiger partial charge in [0, 0.05) is 12.1 Å². The lowest BCUT2D eigenvalue weighted by atomic mass is 9.81. The highest BCUT2D eigenvalue weighted by Gasteiger charge is 2.22. The maximum atomic E-state index is 3.79. The molecule has 0 spiro atoms. The van der Waals surface area contributed by atoms with Crippen LogP contribution >= 0.6 is 0 Å². The molecule has 2 rings (SSSR count). The summed E-state index contributed by atoms with van der Waals surface area (Å²) in [6.07, 6.45) is 7.97. The second-order valence-corrected chi connectivity index (χ2v) is 5.82. The maximum Gasteiger partial charge on any atom is 0.00699 e. The highest BCUT2D eigenvalue weighted by Crippen LogP contribution is 2.32. The van der Waals surface area contributed by atoms with E-state index in [0.717, 1.165) is 12.0 Å². The van der Waals surface area contributed by atoms with Crippen LogP contribution < -0.4 is 5.32 Å². The Morgan fingerprint density at radius 2 is 1.78 bits per heavy atom. The van der Waals surface area contributed by atoms with Gasteiger partial charge in [-0.25, -0.2) is 0 Å². The lowest BCUT2D eigenvalue weighted by Crippen LogP contribution is -2.38. The Kier molecular flexibility index (Phi) is 5.25. The number of rotatable bonds is 5. The van der Waals surface area contributed by atoms with Crippen LogP contribution in [0.3, 0.4) is 0 Å². The van der Waals surface area contributed by atoms with Crippen LogP contribution in [-0.2, 0) is 0 Å². The number of hydrogen-bond donors (Lipinski definition) is 1. The summed E-state index contributed by atoms with van der Waals surface area (Å²) < 4.78 is 0. The molecule has 0 saturated heterocycles. The first-order chi connectivity index (χ1) is 8.79. The topological polar surface area (TPSA) is 12.0 Å². The van der Waals surface area contributed by atoms with Gasteiger partial charge in [0.2, 0.25) is 0 Å². The molecule has 1 fully saturated rings. The first kappa shape index (κ1) is 13.6. The summed E-state index contributed by atoms with van der Waals surface area (Å²) in [6, 6.07) is 12.5. The molecule has 1 aromatic rings. The molecule has 1 saturated carbocycles. The Morgan fingerprint density at radius 3 is 2.39 bits per heavy atom. The molecule has 18 heavy (non-hydrogen) atoms. The first-order valence-corrected chi connectivity index (χ1v) is 7.60. The normalized spacial score (nSPS) is 25.9. The van der Waals surface area contributed by atoms with Crippen LogP contribution in [0, 0.1) is 0 Å². The average Bonchev–Trinajstić information content (AvgIpc) is 2.41. The van der Waals surface area contributed by atoms with Crippen LogP contribution in [0.25, 0.3) is 0 Å². The maximum absolute atomic E-state index is 3.79. The van der Waals surface area contributed by atoms with Crippen molar-refractivity contribution in [3.05, 3.63) is 35.9 Å². The third-order valence-electron chi connectivity index (χ3n) is 4.24. The molecule has 1 N–H and O–H groups in total. The molecule has 1 nitrogen and oxygen atoms in total. The fourth-order valence-electron chi connectivity index (χ4n) is 3.24. The Balaban J connectivity index is 1.78. The lowest BCUT2D eigenvalue weighted by Gasteiger charge is -2.31. The van der Waals surface area contributed by atoms with Crippen molar-refractivity contribution in [2.24, 2.45) is 0 Å². The Hall–Kier alpha value is -0.820. The van der Waals surface area contributed by atoms with Crippen LogP contribution in [0.2, 0.25) is 0 Å². The van der Waals surface area contributed by atoms with E-state index < -0.39 is 0 Å². The van der Waals surface area contributed by atoms with Crippen molar-refractivity contribution in [1.82, 2.24) is 5.32 Å². The van der Waals surface area contributed by atoms with Gasteiger partial charge in [-0.05, 0) is 50.5 Å². The second kappa shape index (κ2) is 6.94. The van der Waals surface area contributed by atoms with Gasteiger partial charge in [0.1, 0.15) is 0 Å².